The van der Waals surface area contributed by atoms with Crippen molar-refractivity contribution in [1.29, 1.82) is 0 Å². The van der Waals surface area contributed by atoms with E-state index in [9.17, 15) is 9.90 Å². The first-order valence-electron chi connectivity index (χ1n) is 6.58. The highest BCUT2D eigenvalue weighted by Gasteiger charge is 2.31. The van der Waals surface area contributed by atoms with E-state index in [2.05, 4.69) is 10.3 Å². The van der Waals surface area contributed by atoms with Crippen molar-refractivity contribution in [3.05, 3.63) is 12.4 Å². The minimum atomic E-state index is -0.821. The second kappa shape index (κ2) is 7.55. The molecule has 5 nitrogen and oxygen atoms in total. The number of aromatic nitrogens is 2. The van der Waals surface area contributed by atoms with Crippen molar-refractivity contribution in [2.45, 2.75) is 43.8 Å². The summed E-state index contributed by atoms with van der Waals surface area (Å²) < 4.78 is 1.97. The monoisotopic (exact) mass is 285 g/mol. The second-order valence-corrected chi connectivity index (χ2v) is 5.90. The van der Waals surface area contributed by atoms with Crippen LogP contribution in [0, 0.1) is 0 Å². The van der Waals surface area contributed by atoms with Crippen molar-refractivity contribution >= 4 is 17.7 Å². The molecule has 0 radical (unpaired) electrons. The Hall–Kier alpha value is -1.01. The van der Waals surface area contributed by atoms with Gasteiger partial charge in [0.2, 0.25) is 0 Å². The lowest BCUT2D eigenvalue weighted by Gasteiger charge is -2.26. The fourth-order valence-corrected chi connectivity index (χ4v) is 2.62. The number of thioether (sulfide) groups is 1. The lowest BCUT2D eigenvalue weighted by Crippen LogP contribution is -2.49. The molecule has 1 unspecified atom stereocenters. The van der Waals surface area contributed by atoms with Crippen molar-refractivity contribution in [3.8, 4) is 0 Å². The van der Waals surface area contributed by atoms with Gasteiger partial charge in [0.15, 0.2) is 5.16 Å². The third-order valence-electron chi connectivity index (χ3n) is 3.07. The summed E-state index contributed by atoms with van der Waals surface area (Å²) in [5.41, 5.74) is -0.821. The zero-order chi connectivity index (χ0) is 14.3. The number of carboxylic acids is 1. The largest absolute Gasteiger partial charge is 0.480 e. The smallest absolute Gasteiger partial charge is 0.323 e. The van der Waals surface area contributed by atoms with Gasteiger partial charge in [-0.2, -0.15) is 0 Å². The fraction of sp³-hybridized carbons (Fsp3) is 0.692. The Morgan fingerprint density at radius 1 is 1.63 bits per heavy atom. The Kier molecular flexibility index (Phi) is 6.37. The first-order valence-corrected chi connectivity index (χ1v) is 7.56. The Labute approximate surface area is 118 Å². The highest BCUT2D eigenvalue weighted by molar-refractivity contribution is 7.99. The number of hydrogen-bond donors (Lipinski definition) is 2. The quantitative estimate of drug-likeness (QED) is 0.537. The topological polar surface area (TPSA) is 67.2 Å². The number of rotatable bonds is 9. The molecule has 0 saturated carbocycles. The van der Waals surface area contributed by atoms with E-state index in [1.54, 1.807) is 24.9 Å². The molecule has 1 heterocycles. The minimum Gasteiger partial charge on any atom is -0.480 e. The SMILES string of the molecule is CCCNC(C)(CCCSc1nccn1C)C(=O)O. The molecule has 0 aliphatic carbocycles. The van der Waals surface area contributed by atoms with Gasteiger partial charge in [-0.3, -0.25) is 4.79 Å². The predicted molar refractivity (Wildman–Crippen MR) is 77.5 cm³/mol. The van der Waals surface area contributed by atoms with Crippen LogP contribution in [0.5, 0.6) is 0 Å². The number of carboxylic acid groups (broad SMARTS) is 1. The van der Waals surface area contributed by atoms with Gasteiger partial charge in [0.25, 0.3) is 0 Å². The maximum absolute atomic E-state index is 11.3. The predicted octanol–water partition coefficient (Wildman–Crippen LogP) is 2.14. The molecule has 1 aromatic heterocycles. The maximum Gasteiger partial charge on any atom is 0.323 e. The summed E-state index contributed by atoms with van der Waals surface area (Å²) in [5.74, 6) is 0.101. The van der Waals surface area contributed by atoms with Crippen LogP contribution in [0.4, 0.5) is 0 Å². The first kappa shape index (κ1) is 16.0. The number of hydrogen-bond acceptors (Lipinski definition) is 4. The van der Waals surface area contributed by atoms with Crippen LogP contribution in [0.15, 0.2) is 17.6 Å². The molecule has 1 rings (SSSR count). The molecule has 6 heteroatoms. The highest BCUT2D eigenvalue weighted by Crippen LogP contribution is 2.20. The molecule has 0 aliphatic heterocycles. The van der Waals surface area contributed by atoms with Crippen LogP contribution in [0.25, 0.3) is 0 Å². The van der Waals surface area contributed by atoms with Crippen LogP contribution >= 0.6 is 11.8 Å². The van der Waals surface area contributed by atoms with Gasteiger partial charge >= 0.3 is 5.97 Å². The summed E-state index contributed by atoms with van der Waals surface area (Å²) >= 11 is 1.66. The Bertz CT molecular complexity index is 408. The first-order chi connectivity index (χ1) is 8.99. The van der Waals surface area contributed by atoms with Crippen LogP contribution < -0.4 is 5.32 Å². The molecule has 19 heavy (non-hydrogen) atoms. The molecular weight excluding hydrogens is 262 g/mol. The van der Waals surface area contributed by atoms with Gasteiger partial charge in [-0.1, -0.05) is 18.7 Å². The van der Waals surface area contributed by atoms with Crippen molar-refractivity contribution in [2.24, 2.45) is 7.05 Å². The molecule has 0 bridgehead atoms. The molecule has 1 aromatic rings. The van der Waals surface area contributed by atoms with Crippen molar-refractivity contribution < 1.29 is 9.90 Å². The van der Waals surface area contributed by atoms with Crippen molar-refractivity contribution in [2.75, 3.05) is 12.3 Å². The van der Waals surface area contributed by atoms with E-state index in [0.717, 1.165) is 30.3 Å². The lowest BCUT2D eigenvalue weighted by atomic mass is 9.96. The van der Waals surface area contributed by atoms with Gasteiger partial charge in [0.1, 0.15) is 5.54 Å². The van der Waals surface area contributed by atoms with Gasteiger partial charge in [-0.05, 0) is 32.7 Å². The Morgan fingerprint density at radius 3 is 2.89 bits per heavy atom. The van der Waals surface area contributed by atoms with Crippen molar-refractivity contribution in [1.82, 2.24) is 14.9 Å². The van der Waals surface area contributed by atoms with E-state index < -0.39 is 11.5 Å². The van der Waals surface area contributed by atoms with Crippen LogP contribution in [0.1, 0.15) is 33.1 Å². The van der Waals surface area contributed by atoms with E-state index in [0.29, 0.717) is 6.42 Å². The average molecular weight is 285 g/mol. The lowest BCUT2D eigenvalue weighted by molar-refractivity contribution is -0.144. The molecular formula is C13H23N3O2S. The van der Waals surface area contributed by atoms with E-state index >= 15 is 0 Å². The number of aryl methyl sites for hydroxylation is 1. The third kappa shape index (κ3) is 4.87. The summed E-state index contributed by atoms with van der Waals surface area (Å²) in [7, 11) is 1.96. The summed E-state index contributed by atoms with van der Waals surface area (Å²) in [6.07, 6.45) is 6.08. The molecule has 0 aromatic carbocycles. The Morgan fingerprint density at radius 2 is 2.37 bits per heavy atom. The van der Waals surface area contributed by atoms with Crippen molar-refractivity contribution in [3.63, 3.8) is 0 Å². The van der Waals surface area contributed by atoms with Gasteiger partial charge < -0.3 is 15.0 Å². The summed E-state index contributed by atoms with van der Waals surface area (Å²) in [6.45, 7) is 4.53. The molecule has 0 fully saturated rings. The number of carbonyl (C=O) groups is 1. The molecule has 2 N–H and O–H groups in total. The number of imidazole rings is 1. The number of nitrogens with one attached hydrogen (secondary N) is 1. The van der Waals surface area contributed by atoms with E-state index in [4.69, 9.17) is 0 Å². The zero-order valence-electron chi connectivity index (χ0n) is 11.8. The zero-order valence-corrected chi connectivity index (χ0v) is 12.7. The standard InChI is InChI=1S/C13H23N3O2S/c1-4-7-15-13(2,11(17)18)6-5-10-19-12-14-8-9-16(12)3/h8-9,15H,4-7,10H2,1-3H3,(H,17,18). The fourth-order valence-electron chi connectivity index (χ4n) is 1.75. The van der Waals surface area contributed by atoms with Gasteiger partial charge in [0.05, 0.1) is 0 Å². The normalized spacial score (nSPS) is 14.3. The summed E-state index contributed by atoms with van der Waals surface area (Å²) in [5, 5.41) is 13.4. The molecule has 108 valence electrons. The van der Waals surface area contributed by atoms with Gasteiger partial charge in [-0.25, -0.2) is 4.98 Å². The van der Waals surface area contributed by atoms with Crippen LogP contribution in [-0.2, 0) is 11.8 Å². The van der Waals surface area contributed by atoms with Gasteiger partial charge in [-0.15, -0.1) is 0 Å². The molecule has 1 atom stereocenters. The molecule has 0 aliphatic rings. The number of nitrogens with zero attached hydrogens (tertiary/aromatic N) is 2. The van der Waals surface area contributed by atoms with E-state index in [-0.39, 0.29) is 0 Å². The second-order valence-electron chi connectivity index (χ2n) is 4.84. The van der Waals surface area contributed by atoms with E-state index in [1.807, 2.05) is 24.7 Å². The third-order valence-corrected chi connectivity index (χ3v) is 4.21. The molecule has 0 spiro atoms. The Balaban J connectivity index is 2.36. The maximum atomic E-state index is 11.3. The average Bonchev–Trinajstić information content (AvgIpc) is 2.78. The van der Waals surface area contributed by atoms with Crippen LogP contribution in [0.2, 0.25) is 0 Å². The van der Waals surface area contributed by atoms with E-state index in [1.165, 1.54) is 0 Å². The van der Waals surface area contributed by atoms with Crippen LogP contribution in [-0.4, -0.2) is 38.5 Å². The summed E-state index contributed by atoms with van der Waals surface area (Å²) in [6, 6.07) is 0. The number of aliphatic carboxylic acids is 1. The van der Waals surface area contributed by atoms with Crippen LogP contribution in [0.3, 0.4) is 0 Å². The molecule has 0 amide bonds. The molecule has 0 saturated heterocycles. The van der Waals surface area contributed by atoms with Gasteiger partial charge in [0, 0.05) is 25.2 Å². The summed E-state index contributed by atoms with van der Waals surface area (Å²) in [4.78, 5) is 15.5. The minimum absolute atomic E-state index is 0.625. The highest BCUT2D eigenvalue weighted by atomic mass is 32.2.